The van der Waals surface area contributed by atoms with E-state index >= 15 is 0 Å². The largest absolute Gasteiger partial charge is 0.343 e. The Bertz CT molecular complexity index is 973. The van der Waals surface area contributed by atoms with E-state index < -0.39 is 0 Å². The standard InChI is InChI=1S/C23H27N5OS/c1-17-8-10-19(11-9-17)14-21-25-23(30-26-21)27-12-13-28(18(2)16-27)22(29)24-15-20-6-4-3-5-7-20/h3-11,18H,12-16H2,1-2H3,(H,24,29). The number of hydrogen-bond acceptors (Lipinski definition) is 5. The molecule has 1 aromatic heterocycles. The SMILES string of the molecule is Cc1ccc(Cc2nsc(N3CCN(C(=O)NCc4ccccc4)C(C)C3)n2)cc1. The summed E-state index contributed by atoms with van der Waals surface area (Å²) in [6.07, 6.45) is 0.744. The molecule has 1 aliphatic heterocycles. The zero-order valence-electron chi connectivity index (χ0n) is 17.4. The number of rotatable bonds is 5. The number of anilines is 1. The molecule has 7 heteroatoms. The quantitative estimate of drug-likeness (QED) is 0.680. The number of nitrogens with zero attached hydrogens (tertiary/aromatic N) is 4. The number of hydrogen-bond donors (Lipinski definition) is 1. The van der Waals surface area contributed by atoms with E-state index in [-0.39, 0.29) is 12.1 Å². The van der Waals surface area contributed by atoms with Gasteiger partial charge in [0.05, 0.1) is 0 Å². The monoisotopic (exact) mass is 421 g/mol. The highest BCUT2D eigenvalue weighted by Gasteiger charge is 2.28. The fourth-order valence-electron chi connectivity index (χ4n) is 3.64. The van der Waals surface area contributed by atoms with Gasteiger partial charge in [-0.15, -0.1) is 0 Å². The highest BCUT2D eigenvalue weighted by atomic mass is 32.1. The van der Waals surface area contributed by atoms with Crippen LogP contribution in [0.5, 0.6) is 0 Å². The van der Waals surface area contributed by atoms with Gasteiger partial charge in [0.1, 0.15) is 5.82 Å². The van der Waals surface area contributed by atoms with Crippen LogP contribution >= 0.6 is 11.5 Å². The molecule has 1 saturated heterocycles. The second-order valence-corrected chi connectivity index (χ2v) is 8.52. The Kier molecular flexibility index (Phi) is 6.28. The molecule has 1 aliphatic rings. The molecule has 2 heterocycles. The Labute approximate surface area is 181 Å². The number of urea groups is 1. The van der Waals surface area contributed by atoms with Crippen molar-refractivity contribution in [1.82, 2.24) is 19.6 Å². The van der Waals surface area contributed by atoms with E-state index in [0.717, 1.165) is 36.0 Å². The number of carbonyl (C=O) groups is 1. The number of aromatic nitrogens is 2. The lowest BCUT2D eigenvalue weighted by atomic mass is 10.1. The first kappa shape index (κ1) is 20.3. The zero-order valence-corrected chi connectivity index (χ0v) is 18.2. The van der Waals surface area contributed by atoms with E-state index in [2.05, 4.69) is 52.7 Å². The maximum absolute atomic E-state index is 12.6. The topological polar surface area (TPSA) is 61.4 Å². The van der Waals surface area contributed by atoms with Crippen LogP contribution in [0.3, 0.4) is 0 Å². The highest BCUT2D eigenvalue weighted by Crippen LogP contribution is 2.22. The van der Waals surface area contributed by atoms with E-state index in [1.54, 1.807) is 0 Å². The molecule has 6 nitrogen and oxygen atoms in total. The molecule has 1 fully saturated rings. The summed E-state index contributed by atoms with van der Waals surface area (Å²) in [5.41, 5.74) is 3.58. The van der Waals surface area contributed by atoms with Crippen molar-refractivity contribution in [3.63, 3.8) is 0 Å². The fourth-order valence-corrected chi connectivity index (χ4v) is 4.36. The highest BCUT2D eigenvalue weighted by molar-refractivity contribution is 7.09. The normalized spacial score (nSPS) is 16.5. The maximum Gasteiger partial charge on any atom is 0.318 e. The third-order valence-electron chi connectivity index (χ3n) is 5.39. The number of amides is 2. The van der Waals surface area contributed by atoms with Gasteiger partial charge in [0, 0.05) is 50.2 Å². The summed E-state index contributed by atoms with van der Waals surface area (Å²) in [7, 11) is 0. The fraction of sp³-hybridized carbons (Fsp3) is 0.348. The van der Waals surface area contributed by atoms with E-state index in [1.807, 2.05) is 35.2 Å². The summed E-state index contributed by atoms with van der Waals surface area (Å²) >= 11 is 1.44. The van der Waals surface area contributed by atoms with Gasteiger partial charge in [-0.25, -0.2) is 9.78 Å². The van der Waals surface area contributed by atoms with Crippen molar-refractivity contribution in [3.8, 4) is 0 Å². The molecule has 3 aromatic rings. The molecule has 0 radical (unpaired) electrons. The molecular weight excluding hydrogens is 394 g/mol. The van der Waals surface area contributed by atoms with Crippen molar-refractivity contribution in [3.05, 3.63) is 77.1 Å². The molecule has 0 saturated carbocycles. The number of benzene rings is 2. The van der Waals surface area contributed by atoms with Crippen LogP contribution in [0.2, 0.25) is 0 Å². The minimum Gasteiger partial charge on any atom is -0.343 e. The van der Waals surface area contributed by atoms with Gasteiger partial charge in [0.25, 0.3) is 0 Å². The Morgan fingerprint density at radius 3 is 2.60 bits per heavy atom. The van der Waals surface area contributed by atoms with Gasteiger partial charge in [0.15, 0.2) is 0 Å². The minimum absolute atomic E-state index is 0.0108. The van der Waals surface area contributed by atoms with Gasteiger partial charge in [0.2, 0.25) is 5.13 Å². The van der Waals surface area contributed by atoms with Crippen molar-refractivity contribution >= 4 is 22.7 Å². The molecule has 156 valence electrons. The van der Waals surface area contributed by atoms with Crippen LogP contribution in [0.4, 0.5) is 9.93 Å². The molecule has 0 spiro atoms. The lowest BCUT2D eigenvalue weighted by molar-refractivity contribution is 0.171. The van der Waals surface area contributed by atoms with Crippen molar-refractivity contribution in [2.45, 2.75) is 32.9 Å². The molecule has 2 aromatic carbocycles. The summed E-state index contributed by atoms with van der Waals surface area (Å²) < 4.78 is 4.55. The van der Waals surface area contributed by atoms with Crippen LogP contribution in [-0.4, -0.2) is 46.0 Å². The predicted octanol–water partition coefficient (Wildman–Crippen LogP) is 3.86. The van der Waals surface area contributed by atoms with Crippen LogP contribution < -0.4 is 10.2 Å². The van der Waals surface area contributed by atoms with Crippen LogP contribution in [-0.2, 0) is 13.0 Å². The molecule has 1 N–H and O–H groups in total. The number of carbonyl (C=O) groups excluding carboxylic acids is 1. The molecule has 1 unspecified atom stereocenters. The zero-order chi connectivity index (χ0) is 20.9. The smallest absolute Gasteiger partial charge is 0.318 e. The van der Waals surface area contributed by atoms with Gasteiger partial charge >= 0.3 is 6.03 Å². The molecule has 2 amide bonds. The third-order valence-corrected chi connectivity index (χ3v) is 6.20. The van der Waals surface area contributed by atoms with Crippen molar-refractivity contribution in [2.24, 2.45) is 0 Å². The van der Waals surface area contributed by atoms with Crippen LogP contribution in [0.25, 0.3) is 0 Å². The minimum atomic E-state index is -0.0108. The molecule has 4 rings (SSSR count). The van der Waals surface area contributed by atoms with E-state index in [1.165, 1.54) is 22.7 Å². The van der Waals surface area contributed by atoms with Crippen molar-refractivity contribution in [1.29, 1.82) is 0 Å². The predicted molar refractivity (Wildman–Crippen MR) is 121 cm³/mol. The first-order chi connectivity index (χ1) is 14.6. The second kappa shape index (κ2) is 9.26. The summed E-state index contributed by atoms with van der Waals surface area (Å²) in [6.45, 7) is 6.93. The Hall–Kier alpha value is -2.93. The van der Waals surface area contributed by atoms with Gasteiger partial charge in [-0.3, -0.25) is 0 Å². The van der Waals surface area contributed by atoms with E-state index in [0.29, 0.717) is 13.1 Å². The Morgan fingerprint density at radius 1 is 1.10 bits per heavy atom. The summed E-state index contributed by atoms with van der Waals surface area (Å²) in [6, 6.07) is 18.6. The average Bonchev–Trinajstić information content (AvgIpc) is 3.23. The molecule has 0 bridgehead atoms. The molecule has 30 heavy (non-hydrogen) atoms. The Balaban J connectivity index is 1.31. The van der Waals surface area contributed by atoms with E-state index in [9.17, 15) is 4.79 Å². The van der Waals surface area contributed by atoms with Crippen LogP contribution in [0.15, 0.2) is 54.6 Å². The lowest BCUT2D eigenvalue weighted by Crippen LogP contribution is -2.56. The molecule has 1 atom stereocenters. The number of piperazine rings is 1. The van der Waals surface area contributed by atoms with E-state index in [4.69, 9.17) is 4.98 Å². The van der Waals surface area contributed by atoms with Gasteiger partial charge in [-0.2, -0.15) is 4.37 Å². The number of aryl methyl sites for hydroxylation is 1. The third kappa shape index (κ3) is 4.97. The molecule has 0 aliphatic carbocycles. The Morgan fingerprint density at radius 2 is 1.87 bits per heavy atom. The van der Waals surface area contributed by atoms with Gasteiger partial charge in [-0.05, 0) is 25.0 Å². The summed E-state index contributed by atoms with van der Waals surface area (Å²) in [4.78, 5) is 21.5. The van der Waals surface area contributed by atoms with Crippen LogP contribution in [0.1, 0.15) is 29.4 Å². The molecular formula is C23H27N5OS. The lowest BCUT2D eigenvalue weighted by Gasteiger charge is -2.39. The summed E-state index contributed by atoms with van der Waals surface area (Å²) in [5.74, 6) is 0.856. The van der Waals surface area contributed by atoms with Gasteiger partial charge in [-0.1, -0.05) is 60.2 Å². The van der Waals surface area contributed by atoms with Crippen LogP contribution in [0, 0.1) is 6.92 Å². The first-order valence-electron chi connectivity index (χ1n) is 10.3. The second-order valence-electron chi connectivity index (χ2n) is 7.79. The van der Waals surface area contributed by atoms with Gasteiger partial charge < -0.3 is 15.1 Å². The average molecular weight is 422 g/mol. The van der Waals surface area contributed by atoms with Crippen molar-refractivity contribution < 1.29 is 4.79 Å². The maximum atomic E-state index is 12.6. The van der Waals surface area contributed by atoms with Crippen molar-refractivity contribution in [2.75, 3.05) is 24.5 Å². The first-order valence-corrected chi connectivity index (χ1v) is 11.1. The number of nitrogens with one attached hydrogen (secondary N) is 1. The summed E-state index contributed by atoms with van der Waals surface area (Å²) in [5, 5.41) is 3.97.